The second-order valence-corrected chi connectivity index (χ2v) is 7.90. The molecule has 6 nitrogen and oxygen atoms in total. The Balaban J connectivity index is 1.90. The molecule has 0 bridgehead atoms. The molecule has 114 valence electrons. The molecule has 0 fully saturated rings. The predicted octanol–water partition coefficient (Wildman–Crippen LogP) is 3.22. The lowest BCUT2D eigenvalue weighted by Crippen LogP contribution is -2.11. The van der Waals surface area contributed by atoms with Gasteiger partial charge in [0.25, 0.3) is 15.9 Å². The number of hydrogen-bond acceptors (Lipinski definition) is 6. The molecule has 0 amide bonds. The van der Waals surface area contributed by atoms with E-state index in [2.05, 4.69) is 14.9 Å². The molecule has 0 unspecified atom stereocenters. The number of sulfonamides is 1. The Morgan fingerprint density at radius 2 is 2.00 bits per heavy atom. The summed E-state index contributed by atoms with van der Waals surface area (Å²) in [5, 5.41) is 3.72. The van der Waals surface area contributed by atoms with E-state index in [1.807, 2.05) is 6.92 Å². The van der Waals surface area contributed by atoms with Gasteiger partial charge in [0.05, 0.1) is 0 Å². The van der Waals surface area contributed by atoms with Crippen LogP contribution in [0.1, 0.15) is 10.7 Å². The lowest BCUT2D eigenvalue weighted by molar-refractivity contribution is 0.425. The Morgan fingerprint density at radius 3 is 2.64 bits per heavy atom. The van der Waals surface area contributed by atoms with Gasteiger partial charge in [-0.1, -0.05) is 11.2 Å². The third kappa shape index (κ3) is 3.02. The molecule has 0 spiro atoms. The molecular formula is C14H13N3O3S2. The molecule has 0 radical (unpaired) electrons. The Labute approximate surface area is 131 Å². The van der Waals surface area contributed by atoms with E-state index >= 15 is 0 Å². The van der Waals surface area contributed by atoms with Crippen molar-refractivity contribution in [1.29, 1.82) is 0 Å². The fourth-order valence-electron chi connectivity index (χ4n) is 1.89. The first kappa shape index (κ1) is 14.7. The summed E-state index contributed by atoms with van der Waals surface area (Å²) < 4.78 is 32.6. The SMILES string of the molecule is Cc1noc(-c2cccc(NS(=O)(=O)c3ccc(C)s3)c2)n1. The van der Waals surface area contributed by atoms with E-state index in [1.165, 1.54) is 11.3 Å². The van der Waals surface area contributed by atoms with Crippen molar-refractivity contribution >= 4 is 27.0 Å². The minimum atomic E-state index is -3.58. The molecule has 8 heteroatoms. The van der Waals surface area contributed by atoms with Crippen molar-refractivity contribution in [3.05, 3.63) is 47.1 Å². The zero-order chi connectivity index (χ0) is 15.7. The van der Waals surface area contributed by atoms with Gasteiger partial charge in [-0.05, 0) is 44.2 Å². The van der Waals surface area contributed by atoms with Gasteiger partial charge in [0.2, 0.25) is 0 Å². The van der Waals surface area contributed by atoms with E-state index in [-0.39, 0.29) is 4.21 Å². The summed E-state index contributed by atoms with van der Waals surface area (Å²) in [6, 6.07) is 10.2. The first-order chi connectivity index (χ1) is 10.4. The van der Waals surface area contributed by atoms with Gasteiger partial charge in [-0.15, -0.1) is 11.3 Å². The van der Waals surface area contributed by atoms with E-state index in [0.717, 1.165) is 4.88 Å². The molecule has 0 aliphatic rings. The molecule has 0 saturated heterocycles. The molecule has 22 heavy (non-hydrogen) atoms. The van der Waals surface area contributed by atoms with Crippen LogP contribution in [0.15, 0.2) is 45.1 Å². The third-order valence-electron chi connectivity index (χ3n) is 2.87. The van der Waals surface area contributed by atoms with E-state index in [1.54, 1.807) is 43.3 Å². The van der Waals surface area contributed by atoms with Gasteiger partial charge < -0.3 is 4.52 Å². The van der Waals surface area contributed by atoms with Crippen molar-refractivity contribution in [2.75, 3.05) is 4.72 Å². The summed E-state index contributed by atoms with van der Waals surface area (Å²) in [6.07, 6.45) is 0. The molecule has 1 aromatic carbocycles. The summed E-state index contributed by atoms with van der Waals surface area (Å²) in [4.78, 5) is 5.07. The normalized spacial score (nSPS) is 11.5. The van der Waals surface area contributed by atoms with Gasteiger partial charge in [0.1, 0.15) is 4.21 Å². The van der Waals surface area contributed by atoms with Gasteiger partial charge in [-0.25, -0.2) is 8.42 Å². The maximum atomic E-state index is 12.3. The van der Waals surface area contributed by atoms with Crippen LogP contribution in [0.25, 0.3) is 11.5 Å². The number of hydrogen-bond donors (Lipinski definition) is 1. The highest BCUT2D eigenvalue weighted by Crippen LogP contribution is 2.26. The summed E-state index contributed by atoms with van der Waals surface area (Å²) >= 11 is 1.23. The Bertz CT molecular complexity index is 913. The van der Waals surface area contributed by atoms with Crippen molar-refractivity contribution in [3.8, 4) is 11.5 Å². The number of benzene rings is 1. The molecule has 0 atom stereocenters. The fraction of sp³-hybridized carbons (Fsp3) is 0.143. The van der Waals surface area contributed by atoms with E-state index in [4.69, 9.17) is 4.52 Å². The summed E-state index contributed by atoms with van der Waals surface area (Å²) in [5.74, 6) is 0.876. The van der Waals surface area contributed by atoms with Crippen LogP contribution in [0, 0.1) is 13.8 Å². The van der Waals surface area contributed by atoms with Crippen LogP contribution in [-0.4, -0.2) is 18.6 Å². The zero-order valence-electron chi connectivity index (χ0n) is 11.9. The molecule has 0 aliphatic carbocycles. The lowest BCUT2D eigenvalue weighted by Gasteiger charge is -2.06. The average molecular weight is 335 g/mol. The summed E-state index contributed by atoms with van der Waals surface area (Å²) in [5.41, 5.74) is 1.10. The second-order valence-electron chi connectivity index (χ2n) is 4.70. The van der Waals surface area contributed by atoms with Gasteiger partial charge in [0.15, 0.2) is 5.82 Å². The quantitative estimate of drug-likeness (QED) is 0.791. The number of nitrogens with zero attached hydrogens (tertiary/aromatic N) is 2. The Morgan fingerprint density at radius 1 is 1.18 bits per heavy atom. The van der Waals surface area contributed by atoms with E-state index < -0.39 is 10.0 Å². The molecule has 0 saturated carbocycles. The number of thiophene rings is 1. The topological polar surface area (TPSA) is 85.1 Å². The Hall–Kier alpha value is -2.19. The number of aromatic nitrogens is 2. The molecule has 1 N–H and O–H groups in total. The second kappa shape index (κ2) is 5.54. The van der Waals surface area contributed by atoms with Crippen LogP contribution in [0.5, 0.6) is 0 Å². The highest BCUT2D eigenvalue weighted by atomic mass is 32.2. The van der Waals surface area contributed by atoms with Crippen LogP contribution in [-0.2, 0) is 10.0 Å². The van der Waals surface area contributed by atoms with Crippen molar-refractivity contribution in [1.82, 2.24) is 10.1 Å². The number of anilines is 1. The zero-order valence-corrected chi connectivity index (χ0v) is 13.5. The summed E-state index contributed by atoms with van der Waals surface area (Å²) in [6.45, 7) is 3.58. The van der Waals surface area contributed by atoms with E-state index in [9.17, 15) is 8.42 Å². The van der Waals surface area contributed by atoms with Gasteiger partial charge in [-0.3, -0.25) is 4.72 Å². The Kier molecular flexibility index (Phi) is 3.71. The van der Waals surface area contributed by atoms with Gasteiger partial charge >= 0.3 is 0 Å². The number of nitrogens with one attached hydrogen (secondary N) is 1. The smallest absolute Gasteiger partial charge is 0.271 e. The standard InChI is InChI=1S/C14H13N3O3S2/c1-9-6-7-13(21-9)22(18,19)17-12-5-3-4-11(8-12)14-15-10(2)16-20-14/h3-8,17H,1-2H3. The van der Waals surface area contributed by atoms with Crippen LogP contribution >= 0.6 is 11.3 Å². The van der Waals surface area contributed by atoms with Crippen LogP contribution in [0.2, 0.25) is 0 Å². The van der Waals surface area contributed by atoms with Crippen LogP contribution < -0.4 is 4.72 Å². The first-order valence-electron chi connectivity index (χ1n) is 6.44. The molecule has 0 aliphatic heterocycles. The predicted molar refractivity (Wildman–Crippen MR) is 84.3 cm³/mol. The largest absolute Gasteiger partial charge is 0.334 e. The van der Waals surface area contributed by atoms with Crippen molar-refractivity contribution in [2.45, 2.75) is 18.1 Å². The molecular weight excluding hydrogens is 322 g/mol. The number of aryl methyl sites for hydroxylation is 2. The summed E-state index contributed by atoms with van der Waals surface area (Å²) in [7, 11) is -3.58. The minimum Gasteiger partial charge on any atom is -0.334 e. The van der Waals surface area contributed by atoms with Crippen molar-refractivity contribution in [2.24, 2.45) is 0 Å². The first-order valence-corrected chi connectivity index (χ1v) is 8.74. The maximum absolute atomic E-state index is 12.3. The average Bonchev–Trinajstić information content (AvgIpc) is 3.08. The van der Waals surface area contributed by atoms with Gasteiger partial charge in [-0.2, -0.15) is 4.98 Å². The minimum absolute atomic E-state index is 0.282. The highest BCUT2D eigenvalue weighted by molar-refractivity contribution is 7.94. The molecule has 2 heterocycles. The van der Waals surface area contributed by atoms with Crippen molar-refractivity contribution in [3.63, 3.8) is 0 Å². The van der Waals surface area contributed by atoms with Crippen LogP contribution in [0.4, 0.5) is 5.69 Å². The van der Waals surface area contributed by atoms with Crippen LogP contribution in [0.3, 0.4) is 0 Å². The van der Waals surface area contributed by atoms with E-state index in [0.29, 0.717) is 23.0 Å². The lowest BCUT2D eigenvalue weighted by atomic mass is 10.2. The fourth-order valence-corrected chi connectivity index (χ4v) is 4.22. The third-order valence-corrected chi connectivity index (χ3v) is 5.74. The maximum Gasteiger partial charge on any atom is 0.271 e. The molecule has 3 aromatic rings. The molecule has 2 aromatic heterocycles. The molecule has 3 rings (SSSR count). The monoisotopic (exact) mass is 335 g/mol. The van der Waals surface area contributed by atoms with Crippen molar-refractivity contribution < 1.29 is 12.9 Å². The number of rotatable bonds is 4. The van der Waals surface area contributed by atoms with Gasteiger partial charge in [0, 0.05) is 16.1 Å². The highest BCUT2D eigenvalue weighted by Gasteiger charge is 2.17.